The molecule has 0 N–H and O–H groups in total. The van der Waals surface area contributed by atoms with Crippen LogP contribution in [0, 0.1) is 0 Å². The van der Waals surface area contributed by atoms with Crippen molar-refractivity contribution in [2.45, 2.75) is 0 Å². The molecule has 0 atom stereocenters. The van der Waals surface area contributed by atoms with Crippen LogP contribution in [0.1, 0.15) is 0 Å². The van der Waals surface area contributed by atoms with E-state index < -0.39 is 0 Å². The van der Waals surface area contributed by atoms with Crippen LogP contribution in [0.25, 0.3) is 129 Å². The van der Waals surface area contributed by atoms with Crippen LogP contribution in [-0.2, 0) is 0 Å². The molecule has 2 aliphatic heterocycles. The molecular formula is C85H53BN8O. The molecule has 0 fully saturated rings. The number of fused-ring (bicyclic) bond motifs is 11. The first-order valence-corrected chi connectivity index (χ1v) is 32.1. The standard InChI is InChI=1S/C85H53BN8O/c1-6-24-55(25-7-1)69-53-70(56-26-8-2-9-27-56)88-84(87-69)59-46-49-72(94-71-38-20-16-35-65(71)78-75(94)50-48-64-63-34-17-23-41-77(63)95-81(64)78)66(52-59)85-90-82(57-28-10-3-11-29-57)89-83(91-85)58-44-42-54(43-45-58)62-47-51-76-79-80(62)93(61-32-14-5-15-33-61)74-40-22-19-37-68(74)86(79)67-36-18-21-39-73(67)92(76)60-30-12-4-13-31-60/h1-53H. The van der Waals surface area contributed by atoms with Crippen LogP contribution < -0.4 is 26.2 Å². The Balaban J connectivity index is 0.826. The second-order valence-electron chi connectivity index (χ2n) is 24.2. The summed E-state index contributed by atoms with van der Waals surface area (Å²) in [6, 6.07) is 113. The van der Waals surface area contributed by atoms with Gasteiger partial charge in [-0.05, 0) is 113 Å². The molecule has 10 heteroatoms. The van der Waals surface area contributed by atoms with Crippen molar-refractivity contribution in [1.82, 2.24) is 29.5 Å². The van der Waals surface area contributed by atoms with Gasteiger partial charge in [0.15, 0.2) is 23.3 Å². The summed E-state index contributed by atoms with van der Waals surface area (Å²) in [4.78, 5) is 32.1. The molecule has 6 heterocycles. The van der Waals surface area contributed by atoms with Gasteiger partial charge in [-0.1, -0.05) is 231 Å². The van der Waals surface area contributed by atoms with Gasteiger partial charge in [0.25, 0.3) is 6.71 Å². The minimum Gasteiger partial charge on any atom is -0.455 e. The lowest BCUT2D eigenvalue weighted by atomic mass is 9.33. The van der Waals surface area contributed by atoms with Crippen molar-refractivity contribution in [3.8, 4) is 84.9 Å². The highest BCUT2D eigenvalue weighted by Gasteiger charge is 2.44. The van der Waals surface area contributed by atoms with Gasteiger partial charge in [-0.25, -0.2) is 24.9 Å². The monoisotopic (exact) mass is 1210 g/mol. The van der Waals surface area contributed by atoms with Gasteiger partial charge < -0.3 is 18.8 Å². The predicted molar refractivity (Wildman–Crippen MR) is 389 cm³/mol. The van der Waals surface area contributed by atoms with Crippen LogP contribution >= 0.6 is 0 Å². The van der Waals surface area contributed by atoms with Gasteiger partial charge in [0.05, 0.1) is 39.2 Å². The highest BCUT2D eigenvalue weighted by atomic mass is 16.3. The van der Waals surface area contributed by atoms with Crippen molar-refractivity contribution in [3.63, 3.8) is 0 Å². The summed E-state index contributed by atoms with van der Waals surface area (Å²) in [5.74, 6) is 2.12. The zero-order valence-corrected chi connectivity index (χ0v) is 51.2. The lowest BCUT2D eigenvalue weighted by Crippen LogP contribution is -2.61. The number of hydrogen-bond acceptors (Lipinski definition) is 8. The Morgan fingerprint density at radius 2 is 0.789 bits per heavy atom. The fourth-order valence-corrected chi connectivity index (χ4v) is 14.6. The minimum atomic E-state index is -0.0333. The Morgan fingerprint density at radius 3 is 1.45 bits per heavy atom. The number of benzene rings is 13. The molecule has 0 saturated heterocycles. The van der Waals surface area contributed by atoms with E-state index in [0.717, 1.165) is 134 Å². The third-order valence-corrected chi connectivity index (χ3v) is 18.9. The Labute approximate surface area is 547 Å². The second-order valence-corrected chi connectivity index (χ2v) is 24.2. The molecule has 0 spiro atoms. The molecule has 0 amide bonds. The smallest absolute Gasteiger partial charge is 0.252 e. The first-order chi connectivity index (χ1) is 47.1. The zero-order valence-electron chi connectivity index (χ0n) is 51.2. The maximum atomic E-state index is 6.83. The molecule has 13 aromatic carbocycles. The molecule has 0 bridgehead atoms. The normalized spacial score (nSPS) is 12.4. The van der Waals surface area contributed by atoms with E-state index in [4.69, 9.17) is 29.3 Å². The zero-order chi connectivity index (χ0) is 62.5. The second kappa shape index (κ2) is 22.0. The maximum absolute atomic E-state index is 6.83. The number of hydrogen-bond donors (Lipinski definition) is 0. The van der Waals surface area contributed by atoms with Gasteiger partial charge in [0.2, 0.25) is 0 Å². The average Bonchev–Trinajstić information content (AvgIpc) is 0.835. The molecule has 2 aliphatic rings. The Kier molecular flexibility index (Phi) is 12.5. The third-order valence-electron chi connectivity index (χ3n) is 18.9. The van der Waals surface area contributed by atoms with E-state index in [-0.39, 0.29) is 6.71 Å². The molecule has 9 nitrogen and oxygen atoms in total. The minimum absolute atomic E-state index is 0.0333. The molecule has 0 aliphatic carbocycles. The van der Waals surface area contributed by atoms with Crippen LogP contribution in [0.4, 0.5) is 34.1 Å². The van der Waals surface area contributed by atoms with E-state index in [1.165, 1.54) is 22.1 Å². The van der Waals surface area contributed by atoms with E-state index >= 15 is 0 Å². The third kappa shape index (κ3) is 8.83. The van der Waals surface area contributed by atoms with E-state index in [9.17, 15) is 0 Å². The lowest BCUT2D eigenvalue weighted by molar-refractivity contribution is 0.673. The summed E-state index contributed by atoms with van der Waals surface area (Å²) in [7, 11) is 0. The molecule has 17 aromatic rings. The highest BCUT2D eigenvalue weighted by Crippen LogP contribution is 2.49. The molecule has 4 aromatic heterocycles. The number of furan rings is 1. The molecule has 0 unspecified atom stereocenters. The fourth-order valence-electron chi connectivity index (χ4n) is 14.6. The molecule has 19 rings (SSSR count). The van der Waals surface area contributed by atoms with Gasteiger partial charge >= 0.3 is 0 Å². The van der Waals surface area contributed by atoms with Crippen molar-refractivity contribution < 1.29 is 4.42 Å². The molecule has 0 radical (unpaired) electrons. The van der Waals surface area contributed by atoms with E-state index in [1.54, 1.807) is 0 Å². The van der Waals surface area contributed by atoms with Crippen LogP contribution in [0.15, 0.2) is 326 Å². The van der Waals surface area contributed by atoms with Crippen LogP contribution in [0.3, 0.4) is 0 Å². The van der Waals surface area contributed by atoms with Gasteiger partial charge in [0, 0.05) is 83.5 Å². The lowest BCUT2D eigenvalue weighted by Gasteiger charge is -2.45. The number of para-hydroxylation sites is 6. The summed E-state index contributed by atoms with van der Waals surface area (Å²) in [6.45, 7) is -0.0333. The summed E-state index contributed by atoms with van der Waals surface area (Å²) in [5, 5.41) is 4.22. The maximum Gasteiger partial charge on any atom is 0.252 e. The Hall–Kier alpha value is -12.8. The van der Waals surface area contributed by atoms with Crippen molar-refractivity contribution >= 4 is 101 Å². The Bertz CT molecular complexity index is 5790. The first-order valence-electron chi connectivity index (χ1n) is 32.1. The molecular weight excluding hydrogens is 1160 g/mol. The molecule has 95 heavy (non-hydrogen) atoms. The topological polar surface area (TPSA) is 89.0 Å². The highest BCUT2D eigenvalue weighted by molar-refractivity contribution is 7.00. The van der Waals surface area contributed by atoms with Crippen molar-refractivity contribution in [2.24, 2.45) is 0 Å². The van der Waals surface area contributed by atoms with Crippen LogP contribution in [0.5, 0.6) is 0 Å². The van der Waals surface area contributed by atoms with Gasteiger partial charge in [-0.3, -0.25) is 0 Å². The summed E-state index contributed by atoms with van der Waals surface area (Å²) in [6.07, 6.45) is 0. The van der Waals surface area contributed by atoms with Crippen molar-refractivity contribution in [3.05, 3.63) is 322 Å². The number of aromatic nitrogens is 6. The average molecular weight is 1210 g/mol. The van der Waals surface area contributed by atoms with Crippen molar-refractivity contribution in [2.75, 3.05) is 9.80 Å². The fraction of sp³-hybridized carbons (Fsp3) is 0. The number of anilines is 6. The van der Waals surface area contributed by atoms with E-state index in [0.29, 0.717) is 23.3 Å². The molecule has 0 saturated carbocycles. The summed E-state index contributed by atoms with van der Waals surface area (Å²) in [5.41, 5.74) is 24.1. The summed E-state index contributed by atoms with van der Waals surface area (Å²) < 4.78 is 9.16. The van der Waals surface area contributed by atoms with E-state index in [2.05, 4.69) is 269 Å². The molecule has 442 valence electrons. The predicted octanol–water partition coefficient (Wildman–Crippen LogP) is 19.4. The van der Waals surface area contributed by atoms with Crippen molar-refractivity contribution in [1.29, 1.82) is 0 Å². The van der Waals surface area contributed by atoms with Crippen LogP contribution in [-0.4, -0.2) is 36.2 Å². The van der Waals surface area contributed by atoms with Gasteiger partial charge in [-0.15, -0.1) is 0 Å². The van der Waals surface area contributed by atoms with Gasteiger partial charge in [0.1, 0.15) is 11.2 Å². The number of rotatable bonds is 10. The SMILES string of the molecule is c1ccc(-c2cc(-c3ccccc3)nc(-c3ccc(-n4c5ccccc5c5c6oc7ccccc7c6ccc54)c(-c4nc(-c5ccccc5)nc(-c5ccc(-c6ccc7c8c6N(c6ccccc6)c6ccccc6B8c6ccccc6N7c6ccccc6)cc5)n4)c3)n2)cc1. The van der Waals surface area contributed by atoms with E-state index in [1.807, 2.05) is 66.7 Å². The first kappa shape index (κ1) is 54.0. The summed E-state index contributed by atoms with van der Waals surface area (Å²) >= 11 is 0. The Morgan fingerprint density at radius 1 is 0.295 bits per heavy atom. The largest absolute Gasteiger partial charge is 0.455 e. The van der Waals surface area contributed by atoms with Gasteiger partial charge in [-0.2, -0.15) is 0 Å². The number of nitrogens with zero attached hydrogens (tertiary/aromatic N) is 8. The van der Waals surface area contributed by atoms with Crippen LogP contribution in [0.2, 0.25) is 0 Å². The quantitative estimate of drug-likeness (QED) is 0.125.